The fourth-order valence-corrected chi connectivity index (χ4v) is 3.80. The van der Waals surface area contributed by atoms with E-state index in [2.05, 4.69) is 19.8 Å². The van der Waals surface area contributed by atoms with Crippen LogP contribution in [-0.2, 0) is 20.9 Å². The van der Waals surface area contributed by atoms with Crippen molar-refractivity contribution in [2.45, 2.75) is 13.0 Å². The molecule has 10 heteroatoms. The number of hydrogen-bond acceptors (Lipinski definition) is 9. The molecule has 0 N–H and O–H groups in total. The van der Waals surface area contributed by atoms with E-state index in [1.807, 2.05) is 29.2 Å². The van der Waals surface area contributed by atoms with Crippen molar-refractivity contribution in [3.05, 3.63) is 30.2 Å². The van der Waals surface area contributed by atoms with Crippen LogP contribution in [0.1, 0.15) is 12.3 Å². The zero-order valence-corrected chi connectivity index (χ0v) is 18.0. The van der Waals surface area contributed by atoms with Crippen LogP contribution in [0.4, 0.5) is 0 Å². The molecule has 0 unspecified atom stereocenters. The molecule has 0 atom stereocenters. The van der Waals surface area contributed by atoms with Crippen LogP contribution < -0.4 is 4.74 Å². The molecule has 9 nitrogen and oxygen atoms in total. The summed E-state index contributed by atoms with van der Waals surface area (Å²) in [7, 11) is 2.99. The van der Waals surface area contributed by atoms with Crippen LogP contribution in [0, 0.1) is 0 Å². The average molecular weight is 435 g/mol. The topological polar surface area (TPSA) is 98.0 Å². The molecule has 1 aromatic carbocycles. The van der Waals surface area contributed by atoms with E-state index in [9.17, 15) is 9.59 Å². The SMILES string of the molecule is COC(=O)CSCCC(=O)N1CCN(Cc2nc(-c3ccc(OC)cc3)no2)CC1. The molecule has 0 saturated carbocycles. The minimum absolute atomic E-state index is 0.117. The number of carbonyl (C=O) groups excluding carboxylic acids is 2. The number of esters is 1. The molecule has 2 heterocycles. The average Bonchev–Trinajstić information content (AvgIpc) is 3.25. The fraction of sp³-hybridized carbons (Fsp3) is 0.500. The van der Waals surface area contributed by atoms with E-state index in [-0.39, 0.29) is 17.6 Å². The molecule has 30 heavy (non-hydrogen) atoms. The Labute approximate surface area is 179 Å². The Kier molecular flexibility index (Phi) is 8.09. The number of hydrogen-bond donors (Lipinski definition) is 0. The Hall–Kier alpha value is -2.59. The van der Waals surface area contributed by atoms with E-state index in [0.29, 0.717) is 43.5 Å². The first-order valence-electron chi connectivity index (χ1n) is 9.70. The van der Waals surface area contributed by atoms with Gasteiger partial charge in [0.05, 0.1) is 26.5 Å². The second-order valence-electron chi connectivity index (χ2n) is 6.78. The summed E-state index contributed by atoms with van der Waals surface area (Å²) in [5, 5.41) is 4.06. The highest BCUT2D eigenvalue weighted by Gasteiger charge is 2.22. The van der Waals surface area contributed by atoms with Crippen molar-refractivity contribution in [2.24, 2.45) is 0 Å². The Bertz CT molecular complexity index is 834. The number of aromatic nitrogens is 2. The van der Waals surface area contributed by atoms with E-state index >= 15 is 0 Å². The van der Waals surface area contributed by atoms with Crippen molar-refractivity contribution >= 4 is 23.6 Å². The van der Waals surface area contributed by atoms with E-state index in [1.165, 1.54) is 18.9 Å². The normalized spacial score (nSPS) is 14.5. The zero-order valence-electron chi connectivity index (χ0n) is 17.2. The number of nitrogens with zero attached hydrogens (tertiary/aromatic N) is 4. The second kappa shape index (κ2) is 11.0. The van der Waals surface area contributed by atoms with Crippen LogP contribution in [0.15, 0.2) is 28.8 Å². The molecule has 2 aromatic rings. The molecular formula is C20H26N4O5S. The molecule has 1 saturated heterocycles. The van der Waals surface area contributed by atoms with Crippen LogP contribution in [-0.4, -0.2) is 83.7 Å². The lowest BCUT2D eigenvalue weighted by molar-refractivity contribution is -0.137. The lowest BCUT2D eigenvalue weighted by atomic mass is 10.2. The third-order valence-corrected chi connectivity index (χ3v) is 5.74. The maximum absolute atomic E-state index is 12.3. The predicted octanol–water partition coefficient (Wildman–Crippen LogP) is 1.69. The monoisotopic (exact) mass is 434 g/mol. The molecule has 0 radical (unpaired) electrons. The molecule has 0 aliphatic carbocycles. The van der Waals surface area contributed by atoms with Crippen LogP contribution in [0.25, 0.3) is 11.4 Å². The molecule has 1 aliphatic heterocycles. The highest BCUT2D eigenvalue weighted by Crippen LogP contribution is 2.20. The van der Waals surface area contributed by atoms with Gasteiger partial charge < -0.3 is 18.9 Å². The molecular weight excluding hydrogens is 408 g/mol. The van der Waals surface area contributed by atoms with Gasteiger partial charge in [-0.15, -0.1) is 11.8 Å². The van der Waals surface area contributed by atoms with Gasteiger partial charge in [-0.3, -0.25) is 14.5 Å². The third-order valence-electron chi connectivity index (χ3n) is 4.81. The maximum atomic E-state index is 12.3. The van der Waals surface area contributed by atoms with Gasteiger partial charge in [-0.25, -0.2) is 0 Å². The summed E-state index contributed by atoms with van der Waals surface area (Å²) in [6, 6.07) is 7.49. The molecule has 162 valence electrons. The number of methoxy groups -OCH3 is 2. The molecule has 3 rings (SSSR count). The van der Waals surface area contributed by atoms with Gasteiger partial charge in [0.15, 0.2) is 0 Å². The van der Waals surface area contributed by atoms with E-state index in [1.54, 1.807) is 7.11 Å². The number of benzene rings is 1. The van der Waals surface area contributed by atoms with Crippen LogP contribution in [0.5, 0.6) is 5.75 Å². The van der Waals surface area contributed by atoms with Gasteiger partial charge in [0.1, 0.15) is 5.75 Å². The molecule has 0 spiro atoms. The largest absolute Gasteiger partial charge is 0.497 e. The van der Waals surface area contributed by atoms with Crippen molar-refractivity contribution in [3.8, 4) is 17.1 Å². The van der Waals surface area contributed by atoms with Crippen LogP contribution in [0.2, 0.25) is 0 Å². The van der Waals surface area contributed by atoms with E-state index in [0.717, 1.165) is 24.4 Å². The summed E-state index contributed by atoms with van der Waals surface area (Å²) < 4.78 is 15.1. The number of carbonyl (C=O) groups is 2. The number of thioether (sulfide) groups is 1. The summed E-state index contributed by atoms with van der Waals surface area (Å²) in [6.45, 7) is 3.39. The summed E-state index contributed by atoms with van der Waals surface area (Å²) in [4.78, 5) is 31.9. The van der Waals surface area contributed by atoms with Gasteiger partial charge in [0.25, 0.3) is 0 Å². The Balaban J connectivity index is 1.41. The maximum Gasteiger partial charge on any atom is 0.315 e. The number of ether oxygens (including phenoxy) is 2. The first kappa shape index (κ1) is 22.1. The van der Waals surface area contributed by atoms with Gasteiger partial charge in [-0.05, 0) is 24.3 Å². The van der Waals surface area contributed by atoms with Crippen molar-refractivity contribution < 1.29 is 23.6 Å². The van der Waals surface area contributed by atoms with Gasteiger partial charge in [0, 0.05) is 43.9 Å². The quantitative estimate of drug-likeness (QED) is 0.431. The van der Waals surface area contributed by atoms with Gasteiger partial charge in [-0.1, -0.05) is 5.16 Å². The van der Waals surface area contributed by atoms with Gasteiger partial charge in [0.2, 0.25) is 17.6 Å². The predicted molar refractivity (Wildman–Crippen MR) is 112 cm³/mol. The van der Waals surface area contributed by atoms with Crippen molar-refractivity contribution in [1.29, 1.82) is 0 Å². The van der Waals surface area contributed by atoms with Crippen molar-refractivity contribution in [2.75, 3.05) is 51.9 Å². The molecule has 1 aromatic heterocycles. The number of rotatable bonds is 9. The number of amides is 1. The van der Waals surface area contributed by atoms with E-state index < -0.39 is 0 Å². The highest BCUT2D eigenvalue weighted by atomic mass is 32.2. The Morgan fingerprint density at radius 1 is 1.13 bits per heavy atom. The summed E-state index contributed by atoms with van der Waals surface area (Å²) in [5.41, 5.74) is 0.867. The smallest absolute Gasteiger partial charge is 0.315 e. The lowest BCUT2D eigenvalue weighted by Gasteiger charge is -2.34. The minimum atomic E-state index is -0.266. The van der Waals surface area contributed by atoms with Crippen molar-refractivity contribution in [1.82, 2.24) is 19.9 Å². The van der Waals surface area contributed by atoms with Crippen molar-refractivity contribution in [3.63, 3.8) is 0 Å². The highest BCUT2D eigenvalue weighted by molar-refractivity contribution is 7.99. The standard InChI is InChI=1S/C20H26N4O5S/c1-27-16-5-3-15(4-6-16)20-21-17(29-22-20)13-23-8-10-24(11-9-23)18(25)7-12-30-14-19(26)28-2/h3-6H,7-14H2,1-2H3. The molecule has 1 amide bonds. The first-order valence-corrected chi connectivity index (χ1v) is 10.9. The zero-order chi connectivity index (χ0) is 21.3. The van der Waals surface area contributed by atoms with E-state index in [4.69, 9.17) is 9.26 Å². The second-order valence-corrected chi connectivity index (χ2v) is 7.88. The summed E-state index contributed by atoms with van der Waals surface area (Å²) >= 11 is 1.42. The molecule has 1 fully saturated rings. The lowest BCUT2D eigenvalue weighted by Crippen LogP contribution is -2.48. The van der Waals surface area contributed by atoms with Crippen LogP contribution >= 0.6 is 11.8 Å². The van der Waals surface area contributed by atoms with Gasteiger partial charge >= 0.3 is 5.97 Å². The fourth-order valence-electron chi connectivity index (χ4n) is 3.06. The molecule has 1 aliphatic rings. The minimum Gasteiger partial charge on any atom is -0.497 e. The number of piperazine rings is 1. The first-order chi connectivity index (χ1) is 14.6. The Morgan fingerprint density at radius 2 is 1.87 bits per heavy atom. The summed E-state index contributed by atoms with van der Waals surface area (Å²) in [6.07, 6.45) is 0.427. The van der Waals surface area contributed by atoms with Crippen LogP contribution in [0.3, 0.4) is 0 Å². The third kappa shape index (κ3) is 6.20. The summed E-state index contributed by atoms with van der Waals surface area (Å²) in [5.74, 6) is 2.62. The van der Waals surface area contributed by atoms with Gasteiger partial charge in [-0.2, -0.15) is 4.98 Å². The molecule has 0 bridgehead atoms. The Morgan fingerprint density at radius 3 is 2.53 bits per heavy atom.